The molecule has 0 unspecified atom stereocenters. The van der Waals surface area contributed by atoms with Gasteiger partial charge in [-0.1, -0.05) is 0 Å². The van der Waals surface area contributed by atoms with Gasteiger partial charge in [0.25, 0.3) is 11.8 Å². The molecule has 110 valence electrons. The Morgan fingerprint density at radius 3 is 2.57 bits per heavy atom. The fourth-order valence-electron chi connectivity index (χ4n) is 2.55. The third-order valence-corrected chi connectivity index (χ3v) is 3.88. The van der Waals surface area contributed by atoms with Crippen molar-refractivity contribution >= 4 is 17.7 Å². The number of aromatic nitrogens is 1. The zero-order valence-corrected chi connectivity index (χ0v) is 11.8. The molecule has 2 aliphatic rings. The molecule has 3 rings (SSSR count). The Bertz CT molecular complexity index is 573. The summed E-state index contributed by atoms with van der Waals surface area (Å²) >= 11 is 0. The highest BCUT2D eigenvalue weighted by Gasteiger charge is 2.38. The van der Waals surface area contributed by atoms with Crippen LogP contribution >= 0.6 is 0 Å². The second kappa shape index (κ2) is 5.25. The molecule has 0 saturated carbocycles. The highest BCUT2D eigenvalue weighted by Crippen LogP contribution is 2.20. The van der Waals surface area contributed by atoms with Gasteiger partial charge in [0.15, 0.2) is 0 Å². The van der Waals surface area contributed by atoms with E-state index in [4.69, 9.17) is 0 Å². The normalized spacial score (nSPS) is 19.1. The number of likely N-dealkylation sites (N-methyl/N-ethyl adjacent to an activating group) is 1. The molecule has 7 nitrogen and oxygen atoms in total. The maximum absolute atomic E-state index is 12.2. The van der Waals surface area contributed by atoms with E-state index >= 15 is 0 Å². The summed E-state index contributed by atoms with van der Waals surface area (Å²) in [6, 6.07) is 3.17. The van der Waals surface area contributed by atoms with E-state index in [-0.39, 0.29) is 23.7 Å². The maximum Gasteiger partial charge on any atom is 0.280 e. The standard InChI is InChI=1S/C14H16N4O3/c1-16-5-7-17(8-6-16)11(19)9-18-13(20)10-3-2-4-15-12(10)14(18)21/h2-4H,5-9H2,1H3. The Balaban J connectivity index is 1.70. The quantitative estimate of drug-likeness (QED) is 0.683. The van der Waals surface area contributed by atoms with Gasteiger partial charge < -0.3 is 9.80 Å². The number of hydrogen-bond donors (Lipinski definition) is 0. The number of rotatable bonds is 2. The minimum absolute atomic E-state index is 0.133. The van der Waals surface area contributed by atoms with E-state index in [0.29, 0.717) is 13.1 Å². The maximum atomic E-state index is 12.2. The van der Waals surface area contributed by atoms with Crippen LogP contribution in [0.4, 0.5) is 0 Å². The highest BCUT2D eigenvalue weighted by molar-refractivity contribution is 6.21. The molecule has 1 saturated heterocycles. The predicted molar refractivity (Wildman–Crippen MR) is 73.7 cm³/mol. The molecule has 1 aromatic heterocycles. The molecule has 0 spiro atoms. The van der Waals surface area contributed by atoms with Crippen LogP contribution in [0.5, 0.6) is 0 Å². The number of pyridine rings is 1. The van der Waals surface area contributed by atoms with E-state index in [1.54, 1.807) is 17.0 Å². The van der Waals surface area contributed by atoms with Crippen molar-refractivity contribution < 1.29 is 14.4 Å². The summed E-state index contributed by atoms with van der Waals surface area (Å²) in [5, 5.41) is 0. The van der Waals surface area contributed by atoms with Crippen LogP contribution < -0.4 is 0 Å². The van der Waals surface area contributed by atoms with Crippen molar-refractivity contribution in [2.45, 2.75) is 0 Å². The summed E-state index contributed by atoms with van der Waals surface area (Å²) in [5.74, 6) is -1.12. The zero-order valence-electron chi connectivity index (χ0n) is 11.8. The molecule has 0 N–H and O–H groups in total. The van der Waals surface area contributed by atoms with Gasteiger partial charge in [0.2, 0.25) is 5.91 Å². The van der Waals surface area contributed by atoms with Crippen molar-refractivity contribution in [1.29, 1.82) is 0 Å². The lowest BCUT2D eigenvalue weighted by Crippen LogP contribution is -2.50. The molecule has 21 heavy (non-hydrogen) atoms. The first kappa shape index (κ1) is 13.7. The number of amides is 3. The Labute approximate surface area is 122 Å². The largest absolute Gasteiger partial charge is 0.339 e. The van der Waals surface area contributed by atoms with Crippen LogP contribution in [0, 0.1) is 0 Å². The number of hydrogen-bond acceptors (Lipinski definition) is 5. The van der Waals surface area contributed by atoms with Gasteiger partial charge in [0, 0.05) is 32.4 Å². The number of imide groups is 1. The van der Waals surface area contributed by atoms with Crippen LogP contribution in [0.25, 0.3) is 0 Å². The van der Waals surface area contributed by atoms with Gasteiger partial charge in [-0.25, -0.2) is 0 Å². The van der Waals surface area contributed by atoms with Crippen LogP contribution in [0.2, 0.25) is 0 Å². The third kappa shape index (κ3) is 2.40. The smallest absolute Gasteiger partial charge is 0.280 e. The Morgan fingerprint density at radius 2 is 1.90 bits per heavy atom. The molecule has 1 fully saturated rings. The average Bonchev–Trinajstić information content (AvgIpc) is 2.73. The monoisotopic (exact) mass is 288 g/mol. The summed E-state index contributed by atoms with van der Waals surface area (Å²) < 4.78 is 0. The van der Waals surface area contributed by atoms with Crippen LogP contribution in [0.15, 0.2) is 18.3 Å². The lowest BCUT2D eigenvalue weighted by atomic mass is 10.2. The second-order valence-corrected chi connectivity index (χ2v) is 5.28. The molecule has 0 atom stereocenters. The van der Waals surface area contributed by atoms with Gasteiger partial charge >= 0.3 is 0 Å². The number of carbonyl (C=O) groups excluding carboxylic acids is 3. The summed E-state index contributed by atoms with van der Waals surface area (Å²) in [6.45, 7) is 2.63. The minimum atomic E-state index is -0.488. The first-order chi connectivity index (χ1) is 10.1. The number of carbonyl (C=O) groups is 3. The molecule has 0 aromatic carbocycles. The topological polar surface area (TPSA) is 73.8 Å². The molecule has 3 heterocycles. The fourth-order valence-corrected chi connectivity index (χ4v) is 2.55. The summed E-state index contributed by atoms with van der Waals surface area (Å²) in [4.78, 5) is 45.3. The van der Waals surface area contributed by atoms with Crippen molar-refractivity contribution in [2.24, 2.45) is 0 Å². The number of fused-ring (bicyclic) bond motifs is 1. The van der Waals surface area contributed by atoms with Gasteiger partial charge in [-0.2, -0.15) is 0 Å². The third-order valence-electron chi connectivity index (χ3n) is 3.88. The Morgan fingerprint density at radius 1 is 1.19 bits per heavy atom. The van der Waals surface area contributed by atoms with Crippen molar-refractivity contribution in [2.75, 3.05) is 39.8 Å². The first-order valence-electron chi connectivity index (χ1n) is 6.85. The molecule has 0 bridgehead atoms. The van der Waals surface area contributed by atoms with Gasteiger partial charge in [0.1, 0.15) is 12.2 Å². The lowest BCUT2D eigenvalue weighted by molar-refractivity contribution is -0.133. The molecule has 7 heteroatoms. The molecular formula is C14H16N4O3. The fraction of sp³-hybridized carbons (Fsp3) is 0.429. The first-order valence-corrected chi connectivity index (χ1v) is 6.85. The van der Waals surface area contributed by atoms with Gasteiger partial charge in [-0.15, -0.1) is 0 Å². The van der Waals surface area contributed by atoms with E-state index in [2.05, 4.69) is 9.88 Å². The van der Waals surface area contributed by atoms with Crippen molar-refractivity contribution in [3.05, 3.63) is 29.6 Å². The van der Waals surface area contributed by atoms with Gasteiger partial charge in [0.05, 0.1) is 5.56 Å². The van der Waals surface area contributed by atoms with Crippen molar-refractivity contribution in [1.82, 2.24) is 19.7 Å². The van der Waals surface area contributed by atoms with Crippen LogP contribution in [0.1, 0.15) is 20.8 Å². The molecular weight excluding hydrogens is 272 g/mol. The molecule has 2 aliphatic heterocycles. The van der Waals surface area contributed by atoms with Crippen LogP contribution in [0.3, 0.4) is 0 Å². The molecule has 0 aliphatic carbocycles. The predicted octanol–water partition coefficient (Wildman–Crippen LogP) is -0.548. The van der Waals surface area contributed by atoms with E-state index in [1.807, 2.05) is 7.05 Å². The summed E-state index contributed by atoms with van der Waals surface area (Å²) in [5.41, 5.74) is 0.405. The SMILES string of the molecule is CN1CCN(C(=O)CN2C(=O)c3cccnc3C2=O)CC1. The van der Waals surface area contributed by atoms with E-state index in [9.17, 15) is 14.4 Å². The van der Waals surface area contributed by atoms with Gasteiger partial charge in [-0.05, 0) is 19.2 Å². The molecule has 0 radical (unpaired) electrons. The second-order valence-electron chi connectivity index (χ2n) is 5.28. The van der Waals surface area contributed by atoms with Crippen molar-refractivity contribution in [3.63, 3.8) is 0 Å². The molecule has 1 aromatic rings. The summed E-state index contributed by atoms with van der Waals surface area (Å²) in [6.07, 6.45) is 1.47. The van der Waals surface area contributed by atoms with Crippen LogP contribution in [-0.4, -0.2) is 77.2 Å². The summed E-state index contributed by atoms with van der Waals surface area (Å²) in [7, 11) is 2.00. The highest BCUT2D eigenvalue weighted by atomic mass is 16.2. The van der Waals surface area contributed by atoms with E-state index in [0.717, 1.165) is 18.0 Å². The Hall–Kier alpha value is -2.28. The minimum Gasteiger partial charge on any atom is -0.339 e. The van der Waals surface area contributed by atoms with Crippen molar-refractivity contribution in [3.8, 4) is 0 Å². The zero-order chi connectivity index (χ0) is 15.0. The lowest BCUT2D eigenvalue weighted by Gasteiger charge is -2.33. The number of piperazine rings is 1. The van der Waals surface area contributed by atoms with E-state index in [1.165, 1.54) is 6.20 Å². The molecule has 3 amide bonds. The van der Waals surface area contributed by atoms with Gasteiger partial charge in [-0.3, -0.25) is 24.3 Å². The average molecular weight is 288 g/mol. The van der Waals surface area contributed by atoms with Crippen LogP contribution in [-0.2, 0) is 4.79 Å². The van der Waals surface area contributed by atoms with E-state index < -0.39 is 11.8 Å². The Kier molecular flexibility index (Phi) is 3.42. The number of nitrogens with zero attached hydrogens (tertiary/aromatic N) is 4.